The van der Waals surface area contributed by atoms with Crippen molar-refractivity contribution in [3.63, 3.8) is 0 Å². The van der Waals surface area contributed by atoms with E-state index < -0.39 is 15.7 Å². The van der Waals surface area contributed by atoms with E-state index >= 15 is 0 Å². The summed E-state index contributed by atoms with van der Waals surface area (Å²) in [5, 5.41) is 7.37. The van der Waals surface area contributed by atoms with Crippen molar-refractivity contribution in [2.24, 2.45) is 0 Å². The summed E-state index contributed by atoms with van der Waals surface area (Å²) in [5.41, 5.74) is 9.06. The van der Waals surface area contributed by atoms with Gasteiger partial charge in [0.25, 0.3) is 0 Å². The fourth-order valence-electron chi connectivity index (χ4n) is 3.56. The Morgan fingerprint density at radius 3 is 1.97 bits per heavy atom. The molecule has 1 amide bonds. The number of anilines is 2. The maximum absolute atomic E-state index is 12.4. The highest BCUT2D eigenvalue weighted by molar-refractivity contribution is 7.91. The summed E-state index contributed by atoms with van der Waals surface area (Å²) in [6.45, 7) is 0. The Labute approximate surface area is 227 Å². The fourth-order valence-corrected chi connectivity index (χ4v) is 6.13. The Balaban J connectivity index is 1.16. The standard InChI is InChI=1S/C27H22N4O4S3/c28-26-29-23(16-36-26)18-6-10-20(11-7-18)35-21-12-8-19(9-13-21)24-17-37-27(30-24)31-25(32)14-15-38(33,34)22-4-2-1-3-5-22/h1-13,16-17H,14-15H2,(H2,28,29)(H,30,31,32). The van der Waals surface area contributed by atoms with Gasteiger partial charge in [-0.25, -0.2) is 18.4 Å². The first kappa shape index (κ1) is 25.6. The van der Waals surface area contributed by atoms with Gasteiger partial charge in [0, 0.05) is 28.3 Å². The van der Waals surface area contributed by atoms with E-state index in [1.165, 1.54) is 34.8 Å². The van der Waals surface area contributed by atoms with Crippen LogP contribution in [0.3, 0.4) is 0 Å². The summed E-state index contributed by atoms with van der Waals surface area (Å²) in [5.74, 6) is 0.684. The largest absolute Gasteiger partial charge is 0.457 e. The van der Waals surface area contributed by atoms with Gasteiger partial charge in [0.15, 0.2) is 20.1 Å². The normalized spacial score (nSPS) is 11.3. The van der Waals surface area contributed by atoms with E-state index in [0.29, 0.717) is 27.5 Å². The second kappa shape index (κ2) is 11.1. The van der Waals surface area contributed by atoms with Crippen LogP contribution < -0.4 is 15.8 Å². The van der Waals surface area contributed by atoms with Crippen LogP contribution in [0, 0.1) is 0 Å². The lowest BCUT2D eigenvalue weighted by atomic mass is 10.1. The number of carbonyl (C=O) groups is 1. The highest BCUT2D eigenvalue weighted by Crippen LogP contribution is 2.30. The molecule has 3 aromatic carbocycles. The third-order valence-electron chi connectivity index (χ3n) is 5.51. The lowest BCUT2D eigenvalue weighted by molar-refractivity contribution is -0.115. The number of nitrogens with two attached hydrogens (primary N) is 1. The number of nitrogen functional groups attached to an aromatic ring is 1. The molecule has 5 aromatic rings. The van der Waals surface area contributed by atoms with E-state index in [4.69, 9.17) is 10.5 Å². The van der Waals surface area contributed by atoms with Crippen molar-refractivity contribution >= 4 is 48.7 Å². The van der Waals surface area contributed by atoms with Crippen LogP contribution in [0.5, 0.6) is 11.5 Å². The van der Waals surface area contributed by atoms with Gasteiger partial charge < -0.3 is 15.8 Å². The molecule has 0 atom stereocenters. The van der Waals surface area contributed by atoms with Crippen molar-refractivity contribution in [3.8, 4) is 34.0 Å². The first-order valence-corrected chi connectivity index (χ1v) is 14.9. The number of nitrogens with zero attached hydrogens (tertiary/aromatic N) is 2. The first-order chi connectivity index (χ1) is 18.4. The molecular formula is C27H22N4O4S3. The van der Waals surface area contributed by atoms with Crippen LogP contribution in [0.2, 0.25) is 0 Å². The molecule has 8 nitrogen and oxygen atoms in total. The summed E-state index contributed by atoms with van der Waals surface area (Å²) in [6.07, 6.45) is -0.156. The molecule has 5 rings (SSSR count). The lowest BCUT2D eigenvalue weighted by Gasteiger charge is -2.07. The smallest absolute Gasteiger partial charge is 0.227 e. The molecule has 11 heteroatoms. The maximum atomic E-state index is 12.4. The molecule has 0 aliphatic carbocycles. The van der Waals surface area contributed by atoms with Crippen molar-refractivity contribution in [1.29, 1.82) is 0 Å². The molecule has 0 saturated carbocycles. The van der Waals surface area contributed by atoms with Gasteiger partial charge in [-0.3, -0.25) is 4.79 Å². The number of hydrogen-bond acceptors (Lipinski definition) is 9. The Morgan fingerprint density at radius 2 is 1.39 bits per heavy atom. The van der Waals surface area contributed by atoms with Crippen LogP contribution in [0.15, 0.2) is 94.5 Å². The average Bonchev–Trinajstić information content (AvgIpc) is 3.58. The van der Waals surface area contributed by atoms with E-state index in [-0.39, 0.29) is 17.1 Å². The monoisotopic (exact) mass is 562 g/mol. The van der Waals surface area contributed by atoms with Crippen LogP contribution >= 0.6 is 22.7 Å². The lowest BCUT2D eigenvalue weighted by Crippen LogP contribution is -2.17. The minimum atomic E-state index is -3.52. The van der Waals surface area contributed by atoms with Gasteiger partial charge in [0.2, 0.25) is 5.91 Å². The number of rotatable bonds is 9. The van der Waals surface area contributed by atoms with Gasteiger partial charge in [0.05, 0.1) is 22.0 Å². The van der Waals surface area contributed by atoms with Crippen molar-refractivity contribution in [2.75, 3.05) is 16.8 Å². The summed E-state index contributed by atoms with van der Waals surface area (Å²) in [7, 11) is -3.52. The molecule has 38 heavy (non-hydrogen) atoms. The van der Waals surface area contributed by atoms with Crippen molar-refractivity contribution in [3.05, 3.63) is 89.6 Å². The second-order valence-electron chi connectivity index (χ2n) is 8.19. The molecule has 0 spiro atoms. The number of nitrogens with one attached hydrogen (secondary N) is 1. The maximum Gasteiger partial charge on any atom is 0.227 e. The van der Waals surface area contributed by atoms with Crippen molar-refractivity contribution in [1.82, 2.24) is 9.97 Å². The van der Waals surface area contributed by atoms with Gasteiger partial charge in [0.1, 0.15) is 11.5 Å². The minimum Gasteiger partial charge on any atom is -0.457 e. The van der Waals surface area contributed by atoms with E-state index in [0.717, 1.165) is 16.8 Å². The summed E-state index contributed by atoms with van der Waals surface area (Å²) >= 11 is 2.67. The number of ether oxygens (including phenoxy) is 1. The van der Waals surface area contributed by atoms with Crippen molar-refractivity contribution in [2.45, 2.75) is 11.3 Å². The molecule has 2 aromatic heterocycles. The van der Waals surface area contributed by atoms with Crippen LogP contribution in [0.1, 0.15) is 6.42 Å². The number of benzene rings is 3. The van der Waals surface area contributed by atoms with Crippen LogP contribution in [0.4, 0.5) is 10.3 Å². The van der Waals surface area contributed by atoms with Gasteiger partial charge in [-0.2, -0.15) is 0 Å². The minimum absolute atomic E-state index is 0.156. The summed E-state index contributed by atoms with van der Waals surface area (Å²) < 4.78 is 30.7. The number of hydrogen-bond donors (Lipinski definition) is 2. The number of sulfone groups is 1. The Bertz CT molecular complexity index is 1650. The Kier molecular flexibility index (Phi) is 7.50. The molecule has 2 heterocycles. The molecule has 0 saturated heterocycles. The fraction of sp³-hybridized carbons (Fsp3) is 0.0741. The van der Waals surface area contributed by atoms with E-state index in [1.54, 1.807) is 18.2 Å². The highest BCUT2D eigenvalue weighted by Gasteiger charge is 2.17. The number of aromatic nitrogens is 2. The molecular weight excluding hydrogens is 541 g/mol. The van der Waals surface area contributed by atoms with Gasteiger partial charge >= 0.3 is 0 Å². The van der Waals surface area contributed by atoms with Crippen LogP contribution in [0.25, 0.3) is 22.5 Å². The van der Waals surface area contributed by atoms with Crippen LogP contribution in [-0.4, -0.2) is 30.0 Å². The van der Waals surface area contributed by atoms with Crippen molar-refractivity contribution < 1.29 is 17.9 Å². The SMILES string of the molecule is Nc1nc(-c2ccc(Oc3ccc(-c4csc(NC(=O)CCS(=O)(=O)c5ccccc5)n4)cc3)cc2)cs1. The predicted molar refractivity (Wildman–Crippen MR) is 151 cm³/mol. The number of thiazole rings is 2. The van der Waals surface area contributed by atoms with Gasteiger partial charge in [-0.1, -0.05) is 18.2 Å². The third kappa shape index (κ3) is 6.25. The van der Waals surface area contributed by atoms with E-state index in [9.17, 15) is 13.2 Å². The topological polar surface area (TPSA) is 124 Å². The zero-order chi connectivity index (χ0) is 26.5. The predicted octanol–water partition coefficient (Wildman–Crippen LogP) is 6.11. The molecule has 0 unspecified atom stereocenters. The number of amides is 1. The highest BCUT2D eigenvalue weighted by atomic mass is 32.2. The molecule has 0 aliphatic heterocycles. The van der Waals surface area contributed by atoms with Gasteiger partial charge in [-0.15, -0.1) is 22.7 Å². The second-order valence-corrected chi connectivity index (χ2v) is 12.0. The van der Waals surface area contributed by atoms with Gasteiger partial charge in [-0.05, 0) is 60.7 Å². The Morgan fingerprint density at radius 1 is 0.816 bits per heavy atom. The Hall–Kier alpha value is -4.06. The molecule has 0 fully saturated rings. The zero-order valence-electron chi connectivity index (χ0n) is 19.9. The first-order valence-electron chi connectivity index (χ1n) is 11.5. The summed E-state index contributed by atoms with van der Waals surface area (Å²) in [4.78, 5) is 21.3. The zero-order valence-corrected chi connectivity index (χ0v) is 22.4. The van der Waals surface area contributed by atoms with Crippen LogP contribution in [-0.2, 0) is 14.6 Å². The molecule has 192 valence electrons. The molecule has 0 aliphatic rings. The summed E-state index contributed by atoms with van der Waals surface area (Å²) in [6, 6.07) is 23.2. The molecule has 3 N–H and O–H groups in total. The average molecular weight is 563 g/mol. The quantitative estimate of drug-likeness (QED) is 0.222. The third-order valence-corrected chi connectivity index (χ3v) is 8.67. The molecule has 0 bridgehead atoms. The molecule has 0 radical (unpaired) electrons. The van der Waals surface area contributed by atoms with E-state index in [2.05, 4.69) is 15.3 Å². The number of carbonyl (C=O) groups excluding carboxylic acids is 1. The van der Waals surface area contributed by atoms with E-state index in [1.807, 2.05) is 59.3 Å².